The zero-order valence-corrected chi connectivity index (χ0v) is 16.7. The van der Waals surface area contributed by atoms with Crippen molar-refractivity contribution in [1.82, 2.24) is 4.72 Å². The quantitative estimate of drug-likeness (QED) is 0.633. The Kier molecular flexibility index (Phi) is 8.25. The predicted octanol–water partition coefficient (Wildman–Crippen LogP) is 3.71. The maximum Gasteiger partial charge on any atom is 0.416 e. The number of ether oxygens (including phenoxy) is 1. The van der Waals surface area contributed by atoms with E-state index in [0.717, 1.165) is 6.07 Å². The number of thioether (sulfide) groups is 1. The van der Waals surface area contributed by atoms with Crippen molar-refractivity contribution in [3.63, 3.8) is 0 Å². The highest BCUT2D eigenvalue weighted by Gasteiger charge is 2.34. The van der Waals surface area contributed by atoms with Gasteiger partial charge in [-0.15, -0.1) is 0 Å². The normalized spacial score (nSPS) is 13.7. The fourth-order valence-electron chi connectivity index (χ4n) is 1.91. The summed E-state index contributed by atoms with van der Waals surface area (Å²) in [4.78, 5) is 11.4. The number of halogens is 4. The Morgan fingerprint density at radius 1 is 1.35 bits per heavy atom. The molecule has 5 nitrogen and oxygen atoms in total. The van der Waals surface area contributed by atoms with Crippen LogP contribution >= 0.6 is 23.4 Å². The number of sulfonamides is 1. The van der Waals surface area contributed by atoms with Crippen LogP contribution in [0.5, 0.6) is 0 Å². The van der Waals surface area contributed by atoms with Crippen molar-refractivity contribution in [2.45, 2.75) is 43.5 Å². The van der Waals surface area contributed by atoms with E-state index in [0.29, 0.717) is 17.9 Å². The third-order valence-electron chi connectivity index (χ3n) is 3.09. The molecular formula is C15H19ClF3NO4S2. The number of esters is 1. The minimum absolute atomic E-state index is 0.114. The summed E-state index contributed by atoms with van der Waals surface area (Å²) in [6.45, 7) is 3.20. The Bertz CT molecular complexity index is 739. The second-order valence-corrected chi connectivity index (χ2v) is 8.66. The Morgan fingerprint density at radius 2 is 1.96 bits per heavy atom. The van der Waals surface area contributed by atoms with E-state index in [9.17, 15) is 26.4 Å². The SMILES string of the molecule is CSCCC(NS(=O)(=O)c1cc(C(F)(F)F)ccc1Cl)C(=O)OC(C)C. The van der Waals surface area contributed by atoms with Crippen LogP contribution in [0.15, 0.2) is 23.1 Å². The van der Waals surface area contributed by atoms with Crippen LogP contribution in [-0.2, 0) is 25.7 Å². The monoisotopic (exact) mass is 433 g/mol. The summed E-state index contributed by atoms with van der Waals surface area (Å²) < 4.78 is 70.7. The molecule has 1 unspecified atom stereocenters. The first kappa shape index (κ1) is 23.1. The highest BCUT2D eigenvalue weighted by molar-refractivity contribution is 7.98. The number of hydrogen-bond acceptors (Lipinski definition) is 5. The van der Waals surface area contributed by atoms with Crippen molar-refractivity contribution < 1.29 is 31.1 Å². The van der Waals surface area contributed by atoms with Gasteiger partial charge in [0, 0.05) is 0 Å². The molecule has 0 aliphatic heterocycles. The first-order valence-electron chi connectivity index (χ1n) is 7.47. The summed E-state index contributed by atoms with van der Waals surface area (Å²) in [7, 11) is -4.48. The lowest BCUT2D eigenvalue weighted by Crippen LogP contribution is -2.43. The number of benzene rings is 1. The van der Waals surface area contributed by atoms with Gasteiger partial charge >= 0.3 is 12.1 Å². The average molecular weight is 434 g/mol. The van der Waals surface area contributed by atoms with Crippen LogP contribution in [0.4, 0.5) is 13.2 Å². The molecule has 0 bridgehead atoms. The molecule has 0 saturated carbocycles. The third-order valence-corrected chi connectivity index (χ3v) is 5.69. The molecule has 0 heterocycles. The minimum Gasteiger partial charge on any atom is -0.462 e. The zero-order chi connectivity index (χ0) is 20.1. The Labute approximate surface area is 159 Å². The molecule has 11 heteroatoms. The molecule has 1 aromatic rings. The highest BCUT2D eigenvalue weighted by atomic mass is 35.5. The fraction of sp³-hybridized carbons (Fsp3) is 0.533. The molecule has 148 valence electrons. The van der Waals surface area contributed by atoms with Crippen LogP contribution in [0.2, 0.25) is 5.02 Å². The van der Waals surface area contributed by atoms with Crippen molar-refractivity contribution in [2.24, 2.45) is 0 Å². The van der Waals surface area contributed by atoms with Crippen molar-refractivity contribution in [2.75, 3.05) is 12.0 Å². The number of alkyl halides is 3. The van der Waals surface area contributed by atoms with Gasteiger partial charge in [-0.3, -0.25) is 4.79 Å². The number of nitrogens with one attached hydrogen (secondary N) is 1. The van der Waals surface area contributed by atoms with Gasteiger partial charge in [0.25, 0.3) is 0 Å². The van der Waals surface area contributed by atoms with Gasteiger partial charge < -0.3 is 4.74 Å². The van der Waals surface area contributed by atoms with Gasteiger partial charge in [-0.2, -0.15) is 29.7 Å². The number of hydrogen-bond donors (Lipinski definition) is 1. The molecule has 0 fully saturated rings. The summed E-state index contributed by atoms with van der Waals surface area (Å²) in [5.41, 5.74) is -1.16. The van der Waals surface area contributed by atoms with Crippen LogP contribution in [0.1, 0.15) is 25.8 Å². The summed E-state index contributed by atoms with van der Waals surface area (Å²) in [5, 5.41) is -0.383. The van der Waals surface area contributed by atoms with Crippen LogP contribution in [-0.4, -0.2) is 38.5 Å². The highest BCUT2D eigenvalue weighted by Crippen LogP contribution is 2.33. The van der Waals surface area contributed by atoms with Crippen molar-refractivity contribution in [3.8, 4) is 0 Å². The second-order valence-electron chi connectivity index (χ2n) is 5.58. The molecule has 0 spiro atoms. The van der Waals surface area contributed by atoms with Crippen LogP contribution < -0.4 is 4.72 Å². The maximum atomic E-state index is 12.9. The van der Waals surface area contributed by atoms with Crippen LogP contribution in [0.3, 0.4) is 0 Å². The molecule has 1 atom stereocenters. The lowest BCUT2D eigenvalue weighted by Gasteiger charge is -2.19. The lowest BCUT2D eigenvalue weighted by molar-refractivity contribution is -0.149. The smallest absolute Gasteiger partial charge is 0.416 e. The molecule has 0 aromatic heterocycles. The summed E-state index contributed by atoms with van der Waals surface area (Å²) >= 11 is 7.16. The Hall–Kier alpha value is -0.970. The van der Waals surface area contributed by atoms with Crippen LogP contribution in [0, 0.1) is 0 Å². The topological polar surface area (TPSA) is 72.5 Å². The van der Waals surface area contributed by atoms with E-state index in [2.05, 4.69) is 4.72 Å². The number of rotatable bonds is 8. The molecule has 1 aromatic carbocycles. The van der Waals surface area contributed by atoms with E-state index in [4.69, 9.17) is 16.3 Å². The van der Waals surface area contributed by atoms with Gasteiger partial charge in [-0.1, -0.05) is 11.6 Å². The van der Waals surface area contributed by atoms with E-state index in [1.165, 1.54) is 11.8 Å². The molecular weight excluding hydrogens is 415 g/mol. The van der Waals surface area contributed by atoms with E-state index >= 15 is 0 Å². The van der Waals surface area contributed by atoms with E-state index in [1.807, 2.05) is 0 Å². The van der Waals surface area contributed by atoms with Crippen molar-refractivity contribution >= 4 is 39.4 Å². The van der Waals surface area contributed by atoms with Gasteiger partial charge in [0.15, 0.2) is 0 Å². The summed E-state index contributed by atoms with van der Waals surface area (Å²) in [5.74, 6) is -0.364. The number of carbonyl (C=O) groups is 1. The first-order chi connectivity index (χ1) is 11.9. The summed E-state index contributed by atoms with van der Waals surface area (Å²) in [6, 6.07) is 0.729. The average Bonchev–Trinajstić information content (AvgIpc) is 2.49. The Balaban J connectivity index is 3.19. The molecule has 1 rings (SSSR count). The van der Waals surface area contributed by atoms with E-state index in [1.54, 1.807) is 20.1 Å². The second kappa shape index (κ2) is 9.29. The molecule has 0 radical (unpaired) electrons. The van der Waals surface area contributed by atoms with Crippen LogP contribution in [0.25, 0.3) is 0 Å². The fourth-order valence-corrected chi connectivity index (χ4v) is 4.13. The standard InChI is InChI=1S/C15H19ClF3NO4S2/c1-9(2)24-14(21)12(6-7-25-3)20-26(22,23)13-8-10(15(17,18)19)4-5-11(13)16/h4-5,8-9,12,20H,6-7H2,1-3H3. The van der Waals surface area contributed by atoms with Gasteiger partial charge in [-0.05, 0) is 50.5 Å². The van der Waals surface area contributed by atoms with Gasteiger partial charge in [0.1, 0.15) is 10.9 Å². The first-order valence-corrected chi connectivity index (χ1v) is 10.7. The molecule has 0 aliphatic rings. The lowest BCUT2D eigenvalue weighted by atomic mass is 10.2. The molecule has 0 aliphatic carbocycles. The minimum atomic E-state index is -4.73. The van der Waals surface area contributed by atoms with E-state index < -0.39 is 44.8 Å². The molecule has 26 heavy (non-hydrogen) atoms. The maximum absolute atomic E-state index is 12.9. The number of carbonyl (C=O) groups excluding carboxylic acids is 1. The van der Waals surface area contributed by atoms with Gasteiger partial charge in [0.2, 0.25) is 10.0 Å². The molecule has 0 amide bonds. The van der Waals surface area contributed by atoms with E-state index in [-0.39, 0.29) is 11.4 Å². The van der Waals surface area contributed by atoms with Gasteiger partial charge in [-0.25, -0.2) is 8.42 Å². The Morgan fingerprint density at radius 3 is 2.46 bits per heavy atom. The molecule has 0 saturated heterocycles. The molecule has 1 N–H and O–H groups in total. The summed E-state index contributed by atoms with van der Waals surface area (Å²) in [6.07, 6.45) is -3.32. The zero-order valence-electron chi connectivity index (χ0n) is 14.3. The van der Waals surface area contributed by atoms with Gasteiger partial charge in [0.05, 0.1) is 16.7 Å². The predicted molar refractivity (Wildman–Crippen MR) is 94.8 cm³/mol. The largest absolute Gasteiger partial charge is 0.462 e. The van der Waals surface area contributed by atoms with Crippen molar-refractivity contribution in [1.29, 1.82) is 0 Å². The van der Waals surface area contributed by atoms with Crippen molar-refractivity contribution in [3.05, 3.63) is 28.8 Å². The third kappa shape index (κ3) is 6.64.